The minimum absolute atomic E-state index is 0.336. The van der Waals surface area contributed by atoms with Gasteiger partial charge in [-0.15, -0.1) is 0 Å². The average molecular weight is 318 g/mol. The Morgan fingerprint density at radius 1 is 1.36 bits per heavy atom. The predicted octanol–water partition coefficient (Wildman–Crippen LogP) is 2.56. The van der Waals surface area contributed by atoms with Crippen LogP contribution in [0.2, 0.25) is 0 Å². The summed E-state index contributed by atoms with van der Waals surface area (Å²) < 4.78 is 0. The molecule has 2 heterocycles. The van der Waals surface area contributed by atoms with Crippen LogP contribution in [0, 0.1) is 5.92 Å². The first-order chi connectivity index (χ1) is 10.7. The Balaban J connectivity index is 1.53. The molecule has 1 aromatic rings. The Kier molecular flexibility index (Phi) is 5.42. The Morgan fingerprint density at radius 2 is 2.18 bits per heavy atom. The highest BCUT2D eigenvalue weighted by Crippen LogP contribution is 2.28. The second-order valence-corrected chi connectivity index (χ2v) is 7.65. The van der Waals surface area contributed by atoms with E-state index in [4.69, 9.17) is 0 Å². The van der Waals surface area contributed by atoms with Crippen LogP contribution in [-0.2, 0) is 11.2 Å². The molecule has 0 radical (unpaired) electrons. The molecule has 3 rings (SSSR count). The van der Waals surface area contributed by atoms with Gasteiger partial charge in [-0.25, -0.2) is 0 Å². The van der Waals surface area contributed by atoms with Crippen LogP contribution in [0.3, 0.4) is 0 Å². The van der Waals surface area contributed by atoms with Crippen LogP contribution < -0.4 is 5.32 Å². The summed E-state index contributed by atoms with van der Waals surface area (Å²) in [5.41, 5.74) is 1.39. The molecule has 3 atom stereocenters. The highest BCUT2D eigenvalue weighted by molar-refractivity contribution is 7.99. The van der Waals surface area contributed by atoms with Crippen LogP contribution in [0.1, 0.15) is 25.3 Å². The molecule has 22 heavy (non-hydrogen) atoms. The van der Waals surface area contributed by atoms with Gasteiger partial charge in [0.25, 0.3) is 0 Å². The lowest BCUT2D eigenvalue weighted by Crippen LogP contribution is -2.44. The number of hydrogen-bond donors (Lipinski definition) is 1. The van der Waals surface area contributed by atoms with Gasteiger partial charge in [0, 0.05) is 43.1 Å². The standard InChI is InChI=1S/C18H26N2OS/c1-14-16(11-15-5-3-2-4-6-15)7-9-20(14)18(21)12-17-13-22-10-8-19-17/h2-6,14,16-17,19H,7-13H2,1H3. The van der Waals surface area contributed by atoms with Crippen molar-refractivity contribution >= 4 is 17.7 Å². The molecule has 120 valence electrons. The molecule has 2 fully saturated rings. The summed E-state index contributed by atoms with van der Waals surface area (Å²) in [5.74, 6) is 3.17. The second kappa shape index (κ2) is 7.51. The minimum Gasteiger partial charge on any atom is -0.340 e. The van der Waals surface area contributed by atoms with Crippen LogP contribution in [-0.4, -0.2) is 47.5 Å². The quantitative estimate of drug-likeness (QED) is 0.926. The van der Waals surface area contributed by atoms with Crippen molar-refractivity contribution in [1.82, 2.24) is 10.2 Å². The molecule has 0 bridgehead atoms. The first-order valence-electron chi connectivity index (χ1n) is 8.38. The zero-order valence-corrected chi connectivity index (χ0v) is 14.1. The number of nitrogens with one attached hydrogen (secondary N) is 1. The van der Waals surface area contributed by atoms with Crippen molar-refractivity contribution in [2.24, 2.45) is 5.92 Å². The van der Waals surface area contributed by atoms with E-state index >= 15 is 0 Å². The Hall–Kier alpha value is -1.000. The fourth-order valence-electron chi connectivity index (χ4n) is 3.62. The van der Waals surface area contributed by atoms with E-state index in [0.29, 0.717) is 30.3 Å². The number of nitrogens with zero attached hydrogens (tertiary/aromatic N) is 1. The SMILES string of the molecule is CC1C(Cc2ccccc2)CCN1C(=O)CC1CSCCN1. The number of hydrogen-bond acceptors (Lipinski definition) is 3. The summed E-state index contributed by atoms with van der Waals surface area (Å²) in [5, 5.41) is 3.47. The lowest BCUT2D eigenvalue weighted by atomic mass is 9.93. The van der Waals surface area contributed by atoms with Gasteiger partial charge < -0.3 is 10.2 Å². The summed E-state index contributed by atoms with van der Waals surface area (Å²) in [6, 6.07) is 11.4. The van der Waals surface area contributed by atoms with Gasteiger partial charge in [0.1, 0.15) is 0 Å². The van der Waals surface area contributed by atoms with Gasteiger partial charge in [-0.3, -0.25) is 4.79 Å². The fourth-order valence-corrected chi connectivity index (χ4v) is 4.57. The summed E-state index contributed by atoms with van der Waals surface area (Å²) in [6.07, 6.45) is 2.88. The van der Waals surface area contributed by atoms with Crippen molar-refractivity contribution in [3.63, 3.8) is 0 Å². The van der Waals surface area contributed by atoms with E-state index in [0.717, 1.165) is 31.7 Å². The van der Waals surface area contributed by atoms with E-state index in [1.165, 1.54) is 11.3 Å². The van der Waals surface area contributed by atoms with Gasteiger partial charge in [0.05, 0.1) is 0 Å². The lowest BCUT2D eigenvalue weighted by Gasteiger charge is -2.28. The maximum atomic E-state index is 12.6. The Labute approximate surface area is 137 Å². The first-order valence-corrected chi connectivity index (χ1v) is 9.54. The van der Waals surface area contributed by atoms with Crippen molar-refractivity contribution in [3.05, 3.63) is 35.9 Å². The maximum Gasteiger partial charge on any atom is 0.224 e. The van der Waals surface area contributed by atoms with Crippen LogP contribution in [0.5, 0.6) is 0 Å². The Bertz CT molecular complexity index is 487. The number of amides is 1. The average Bonchev–Trinajstić information content (AvgIpc) is 2.90. The third-order valence-electron chi connectivity index (χ3n) is 5.00. The van der Waals surface area contributed by atoms with Crippen LogP contribution in [0.15, 0.2) is 30.3 Å². The largest absolute Gasteiger partial charge is 0.340 e. The van der Waals surface area contributed by atoms with Crippen molar-refractivity contribution < 1.29 is 4.79 Å². The van der Waals surface area contributed by atoms with Gasteiger partial charge >= 0.3 is 0 Å². The molecular formula is C18H26N2OS. The monoisotopic (exact) mass is 318 g/mol. The number of carbonyl (C=O) groups is 1. The van der Waals surface area contributed by atoms with Crippen LogP contribution >= 0.6 is 11.8 Å². The van der Waals surface area contributed by atoms with E-state index in [2.05, 4.69) is 47.5 Å². The molecule has 1 amide bonds. The molecular weight excluding hydrogens is 292 g/mol. The number of thioether (sulfide) groups is 1. The molecule has 2 aliphatic rings. The number of benzene rings is 1. The van der Waals surface area contributed by atoms with Gasteiger partial charge in [-0.05, 0) is 31.2 Å². The van der Waals surface area contributed by atoms with Crippen molar-refractivity contribution in [2.75, 3.05) is 24.6 Å². The maximum absolute atomic E-state index is 12.6. The summed E-state index contributed by atoms with van der Waals surface area (Å²) >= 11 is 1.96. The van der Waals surface area contributed by atoms with Crippen molar-refractivity contribution in [3.8, 4) is 0 Å². The highest BCUT2D eigenvalue weighted by Gasteiger charge is 2.34. The molecule has 1 aromatic carbocycles. The van der Waals surface area contributed by atoms with Gasteiger partial charge in [0.15, 0.2) is 0 Å². The molecule has 0 spiro atoms. The third-order valence-corrected chi connectivity index (χ3v) is 6.13. The number of likely N-dealkylation sites (tertiary alicyclic amines) is 1. The van der Waals surface area contributed by atoms with Gasteiger partial charge in [-0.1, -0.05) is 30.3 Å². The van der Waals surface area contributed by atoms with E-state index in [-0.39, 0.29) is 0 Å². The van der Waals surface area contributed by atoms with Gasteiger partial charge in [-0.2, -0.15) is 11.8 Å². The second-order valence-electron chi connectivity index (χ2n) is 6.50. The van der Waals surface area contributed by atoms with Crippen molar-refractivity contribution in [1.29, 1.82) is 0 Å². The molecule has 3 nitrogen and oxygen atoms in total. The lowest BCUT2D eigenvalue weighted by molar-refractivity contribution is -0.132. The van der Waals surface area contributed by atoms with E-state index in [1.54, 1.807) is 0 Å². The number of carbonyl (C=O) groups excluding carboxylic acids is 1. The first kappa shape index (κ1) is 15.9. The normalized spacial score (nSPS) is 28.8. The molecule has 0 saturated carbocycles. The van der Waals surface area contributed by atoms with Gasteiger partial charge in [0.2, 0.25) is 5.91 Å². The van der Waals surface area contributed by atoms with Crippen LogP contribution in [0.25, 0.3) is 0 Å². The summed E-state index contributed by atoms with van der Waals surface area (Å²) in [6.45, 7) is 4.19. The van der Waals surface area contributed by atoms with E-state index < -0.39 is 0 Å². The highest BCUT2D eigenvalue weighted by atomic mass is 32.2. The smallest absolute Gasteiger partial charge is 0.224 e. The molecule has 4 heteroatoms. The zero-order valence-electron chi connectivity index (χ0n) is 13.3. The molecule has 2 aliphatic heterocycles. The molecule has 0 aromatic heterocycles. The summed E-state index contributed by atoms with van der Waals surface area (Å²) in [4.78, 5) is 14.7. The van der Waals surface area contributed by atoms with Crippen LogP contribution in [0.4, 0.5) is 0 Å². The Morgan fingerprint density at radius 3 is 2.91 bits per heavy atom. The molecule has 3 unspecified atom stereocenters. The molecule has 0 aliphatic carbocycles. The van der Waals surface area contributed by atoms with E-state index in [9.17, 15) is 4.79 Å². The topological polar surface area (TPSA) is 32.3 Å². The van der Waals surface area contributed by atoms with Crippen molar-refractivity contribution in [2.45, 2.75) is 38.3 Å². The minimum atomic E-state index is 0.336. The molecule has 1 N–H and O–H groups in total. The van der Waals surface area contributed by atoms with E-state index in [1.807, 2.05) is 11.8 Å². The number of rotatable bonds is 4. The zero-order chi connectivity index (χ0) is 15.4. The molecule has 2 saturated heterocycles. The third kappa shape index (κ3) is 3.85. The summed E-state index contributed by atoms with van der Waals surface area (Å²) in [7, 11) is 0. The predicted molar refractivity (Wildman–Crippen MR) is 93.2 cm³/mol. The fraction of sp³-hybridized carbons (Fsp3) is 0.611.